The highest BCUT2D eigenvalue weighted by Crippen LogP contribution is 2.42. The van der Waals surface area contributed by atoms with Crippen molar-refractivity contribution in [2.45, 2.75) is 11.7 Å². The van der Waals surface area contributed by atoms with Gasteiger partial charge in [-0.25, -0.2) is 4.39 Å². The fourth-order valence-electron chi connectivity index (χ4n) is 3.38. The largest absolute Gasteiger partial charge is 0.319 e. The molecule has 0 aromatic heterocycles. The van der Waals surface area contributed by atoms with Crippen LogP contribution in [0.2, 0.25) is 5.02 Å². The molecule has 0 spiro atoms. The van der Waals surface area contributed by atoms with Crippen LogP contribution in [0, 0.1) is 17.1 Å². The van der Waals surface area contributed by atoms with E-state index in [0.29, 0.717) is 17.1 Å². The Morgan fingerprint density at radius 1 is 1.06 bits per heavy atom. The van der Waals surface area contributed by atoms with Crippen LogP contribution < -0.4 is 10.2 Å². The molecular weight excluding hydrogens is 461 g/mol. The normalized spacial score (nSPS) is 16.9. The van der Waals surface area contributed by atoms with E-state index in [0.717, 1.165) is 17.3 Å². The maximum absolute atomic E-state index is 14.0. The van der Waals surface area contributed by atoms with Crippen LogP contribution in [0.1, 0.15) is 5.56 Å². The van der Waals surface area contributed by atoms with E-state index in [1.54, 1.807) is 42.5 Å². The van der Waals surface area contributed by atoms with Crippen molar-refractivity contribution in [2.75, 3.05) is 10.2 Å². The van der Waals surface area contributed by atoms with E-state index < -0.39 is 17.0 Å². The van der Waals surface area contributed by atoms with E-state index in [2.05, 4.69) is 5.32 Å². The van der Waals surface area contributed by atoms with Gasteiger partial charge in [0, 0.05) is 10.7 Å². The number of hydrogen-bond donors (Lipinski definition) is 1. The minimum absolute atomic E-state index is 0.0471. The number of rotatable bonds is 5. The second-order valence-electron chi connectivity index (χ2n) is 7.17. The number of amides is 2. The monoisotopic (exact) mass is 477 g/mol. The van der Waals surface area contributed by atoms with Gasteiger partial charge in [-0.2, -0.15) is 5.26 Å². The van der Waals surface area contributed by atoms with Crippen LogP contribution in [0.4, 0.5) is 15.8 Å². The van der Waals surface area contributed by atoms with Crippen molar-refractivity contribution in [3.63, 3.8) is 0 Å². The minimum Gasteiger partial charge on any atom is -0.319 e. The number of thioether (sulfide) groups is 1. The number of nitrogens with one attached hydrogen (secondary N) is 1. The molecular formula is C25H17ClFN3O2S. The number of para-hydroxylation sites is 2. The Hall–Kier alpha value is -3.60. The van der Waals surface area contributed by atoms with Crippen molar-refractivity contribution in [3.05, 3.63) is 106 Å². The number of nitrogens with zero attached hydrogens (tertiary/aromatic N) is 2. The van der Waals surface area contributed by atoms with E-state index in [4.69, 9.17) is 11.6 Å². The van der Waals surface area contributed by atoms with Crippen LogP contribution in [0.3, 0.4) is 0 Å². The summed E-state index contributed by atoms with van der Waals surface area (Å²) in [5.41, 5.74) is 1.12. The second kappa shape index (κ2) is 9.90. The van der Waals surface area contributed by atoms with Crippen molar-refractivity contribution in [2.24, 2.45) is 0 Å². The standard InChI is InChI=1S/C25H17ClFN3O2S/c26-17-12-10-16(11-13-17)14-22-24(32)30(18-6-2-1-3-7-18)25(33-22)19(15-28)23(31)29-21-9-5-4-8-20(21)27/h1-13,22H,14H2,(H,29,31)/b25-19-/t22-/m0/s1. The summed E-state index contributed by atoms with van der Waals surface area (Å²) in [5.74, 6) is -1.66. The summed E-state index contributed by atoms with van der Waals surface area (Å²) in [6.45, 7) is 0. The lowest BCUT2D eigenvalue weighted by Gasteiger charge is -2.18. The van der Waals surface area contributed by atoms with E-state index in [1.807, 2.05) is 24.3 Å². The van der Waals surface area contributed by atoms with Gasteiger partial charge < -0.3 is 5.32 Å². The molecule has 164 valence electrons. The Labute approximate surface area is 199 Å². The van der Waals surface area contributed by atoms with Gasteiger partial charge in [-0.05, 0) is 48.4 Å². The number of carbonyl (C=O) groups is 2. The summed E-state index contributed by atoms with van der Waals surface area (Å²) in [7, 11) is 0. The number of carbonyl (C=O) groups excluding carboxylic acids is 2. The average molecular weight is 478 g/mol. The van der Waals surface area contributed by atoms with Gasteiger partial charge in [0.2, 0.25) is 5.91 Å². The van der Waals surface area contributed by atoms with Crippen LogP contribution in [0.5, 0.6) is 0 Å². The van der Waals surface area contributed by atoms with Gasteiger partial charge in [-0.3, -0.25) is 14.5 Å². The summed E-state index contributed by atoms with van der Waals surface area (Å²) in [6, 6.07) is 23.5. The quantitative estimate of drug-likeness (QED) is 0.386. The molecule has 1 atom stereocenters. The minimum atomic E-state index is -0.786. The predicted molar refractivity (Wildman–Crippen MR) is 128 cm³/mol. The van der Waals surface area contributed by atoms with Crippen molar-refractivity contribution in [1.29, 1.82) is 5.26 Å². The molecule has 1 aliphatic rings. The molecule has 8 heteroatoms. The SMILES string of the molecule is N#C/C(C(=O)Nc1ccccc1F)=C1/S[C@@H](Cc2ccc(Cl)cc2)C(=O)N1c1ccccc1. The highest BCUT2D eigenvalue weighted by Gasteiger charge is 2.40. The Balaban J connectivity index is 1.72. The topological polar surface area (TPSA) is 73.2 Å². The molecule has 1 fully saturated rings. The maximum Gasteiger partial charge on any atom is 0.269 e. The first-order chi connectivity index (χ1) is 16.0. The summed E-state index contributed by atoms with van der Waals surface area (Å²) < 4.78 is 14.0. The Morgan fingerprint density at radius 3 is 2.39 bits per heavy atom. The van der Waals surface area contributed by atoms with Crippen molar-refractivity contribution in [3.8, 4) is 6.07 Å². The zero-order valence-electron chi connectivity index (χ0n) is 17.2. The summed E-state index contributed by atoms with van der Waals surface area (Å²) in [4.78, 5) is 27.7. The molecule has 0 radical (unpaired) electrons. The van der Waals surface area contributed by atoms with Crippen LogP contribution in [-0.4, -0.2) is 17.1 Å². The van der Waals surface area contributed by atoms with Gasteiger partial charge >= 0.3 is 0 Å². The smallest absolute Gasteiger partial charge is 0.269 e. The summed E-state index contributed by atoms with van der Waals surface area (Å²) in [5, 5.41) is 12.5. The predicted octanol–water partition coefficient (Wildman–Crippen LogP) is 5.54. The number of nitriles is 1. The fraction of sp³-hybridized carbons (Fsp3) is 0.0800. The number of benzene rings is 3. The van der Waals surface area contributed by atoms with Gasteiger partial charge in [0.1, 0.15) is 22.5 Å². The third kappa shape index (κ3) is 4.92. The average Bonchev–Trinajstić information content (AvgIpc) is 3.13. The highest BCUT2D eigenvalue weighted by atomic mass is 35.5. The molecule has 1 N–H and O–H groups in total. The molecule has 4 rings (SSSR count). The third-order valence-electron chi connectivity index (χ3n) is 4.98. The van der Waals surface area contributed by atoms with E-state index in [-0.39, 0.29) is 22.2 Å². The molecule has 0 bridgehead atoms. The van der Waals surface area contributed by atoms with Crippen LogP contribution in [0.15, 0.2) is 89.5 Å². The van der Waals surface area contributed by atoms with Gasteiger partial charge in [0.15, 0.2) is 0 Å². The lowest BCUT2D eigenvalue weighted by Crippen LogP contribution is -2.30. The fourth-order valence-corrected chi connectivity index (χ4v) is 4.82. The van der Waals surface area contributed by atoms with Gasteiger partial charge in [-0.1, -0.05) is 65.8 Å². The first kappa shape index (κ1) is 22.6. The molecule has 5 nitrogen and oxygen atoms in total. The number of anilines is 2. The maximum atomic E-state index is 14.0. The van der Waals surface area contributed by atoms with Gasteiger partial charge in [0.25, 0.3) is 5.91 Å². The molecule has 0 aliphatic carbocycles. The zero-order valence-corrected chi connectivity index (χ0v) is 18.7. The number of hydrogen-bond acceptors (Lipinski definition) is 4. The first-order valence-electron chi connectivity index (χ1n) is 9.98. The van der Waals surface area contributed by atoms with E-state index in [9.17, 15) is 19.2 Å². The molecule has 1 saturated heterocycles. The third-order valence-corrected chi connectivity index (χ3v) is 6.49. The van der Waals surface area contributed by atoms with Crippen molar-refractivity contribution < 1.29 is 14.0 Å². The summed E-state index contributed by atoms with van der Waals surface area (Å²) in [6.07, 6.45) is 0.390. The molecule has 3 aromatic carbocycles. The highest BCUT2D eigenvalue weighted by molar-refractivity contribution is 8.05. The molecule has 0 unspecified atom stereocenters. The molecule has 3 aromatic rings. The van der Waals surface area contributed by atoms with E-state index >= 15 is 0 Å². The molecule has 1 aliphatic heterocycles. The van der Waals surface area contributed by atoms with Crippen LogP contribution >= 0.6 is 23.4 Å². The molecule has 1 heterocycles. The lowest BCUT2D eigenvalue weighted by atomic mass is 10.1. The molecule has 0 saturated carbocycles. The Kier molecular flexibility index (Phi) is 6.78. The van der Waals surface area contributed by atoms with Crippen LogP contribution in [0.25, 0.3) is 0 Å². The summed E-state index contributed by atoms with van der Waals surface area (Å²) >= 11 is 7.10. The first-order valence-corrected chi connectivity index (χ1v) is 11.2. The van der Waals surface area contributed by atoms with Gasteiger partial charge in [-0.15, -0.1) is 0 Å². The van der Waals surface area contributed by atoms with Gasteiger partial charge in [0.05, 0.1) is 10.9 Å². The zero-order chi connectivity index (χ0) is 23.4. The van der Waals surface area contributed by atoms with Crippen LogP contribution in [-0.2, 0) is 16.0 Å². The molecule has 33 heavy (non-hydrogen) atoms. The van der Waals surface area contributed by atoms with E-state index in [1.165, 1.54) is 23.1 Å². The Bertz CT molecular complexity index is 1270. The van der Waals surface area contributed by atoms with Crippen molar-refractivity contribution >= 4 is 46.6 Å². The lowest BCUT2D eigenvalue weighted by molar-refractivity contribution is -0.117. The van der Waals surface area contributed by atoms with Crippen molar-refractivity contribution in [1.82, 2.24) is 0 Å². The molecule has 2 amide bonds. The number of halogens is 2. The Morgan fingerprint density at radius 2 is 1.73 bits per heavy atom. The second-order valence-corrected chi connectivity index (χ2v) is 8.80.